The van der Waals surface area contributed by atoms with Crippen molar-refractivity contribution in [1.82, 2.24) is 39.6 Å². The second-order valence-electron chi connectivity index (χ2n) is 10.7. The fraction of sp³-hybridized carbons (Fsp3) is 0.200. The molecule has 0 atom stereocenters. The molecule has 0 amide bonds. The number of nitrogens with zero attached hydrogens (tertiary/aromatic N) is 8. The van der Waals surface area contributed by atoms with Crippen molar-refractivity contribution in [2.45, 2.75) is 39.4 Å². The molecule has 10 nitrogen and oxygen atoms in total. The Bertz CT molecular complexity index is 1990. The monoisotopic (exact) mass is 594 g/mol. The molecule has 0 aliphatic heterocycles. The first-order valence-corrected chi connectivity index (χ1v) is 15.0. The van der Waals surface area contributed by atoms with E-state index in [2.05, 4.69) is 41.2 Å². The summed E-state index contributed by atoms with van der Waals surface area (Å²) in [6.07, 6.45) is 0. The van der Waals surface area contributed by atoms with E-state index < -0.39 is 0 Å². The van der Waals surface area contributed by atoms with Crippen LogP contribution in [-0.4, -0.2) is 39.6 Å². The van der Waals surface area contributed by atoms with E-state index in [1.165, 1.54) is 22.7 Å². The molecule has 4 aromatic heterocycles. The van der Waals surface area contributed by atoms with Crippen molar-refractivity contribution in [1.29, 1.82) is 0 Å². The van der Waals surface area contributed by atoms with E-state index >= 15 is 0 Å². The summed E-state index contributed by atoms with van der Waals surface area (Å²) in [6, 6.07) is 25.9. The number of benzene rings is 3. The van der Waals surface area contributed by atoms with E-state index in [9.17, 15) is 0 Å². The number of hydrogen-bond acceptors (Lipinski definition) is 10. The maximum atomic E-state index is 6.29. The van der Waals surface area contributed by atoms with Gasteiger partial charge in [-0.2, -0.15) is 19.2 Å². The van der Waals surface area contributed by atoms with Crippen LogP contribution in [0, 0.1) is 0 Å². The van der Waals surface area contributed by atoms with Crippen molar-refractivity contribution in [2.24, 2.45) is 0 Å². The van der Waals surface area contributed by atoms with E-state index in [-0.39, 0.29) is 18.6 Å². The van der Waals surface area contributed by atoms with Crippen LogP contribution in [0.3, 0.4) is 0 Å². The van der Waals surface area contributed by atoms with Crippen LogP contribution in [-0.2, 0) is 18.6 Å². The molecule has 210 valence electrons. The fourth-order valence-electron chi connectivity index (χ4n) is 4.49. The lowest BCUT2D eigenvalue weighted by Gasteiger charge is -2.23. The van der Waals surface area contributed by atoms with Crippen molar-refractivity contribution < 1.29 is 9.47 Å². The van der Waals surface area contributed by atoms with Crippen molar-refractivity contribution in [2.75, 3.05) is 0 Å². The van der Waals surface area contributed by atoms with Crippen LogP contribution in [0.2, 0.25) is 0 Å². The van der Waals surface area contributed by atoms with Gasteiger partial charge in [0, 0.05) is 16.7 Å². The summed E-state index contributed by atoms with van der Waals surface area (Å²) in [7, 11) is 0. The first-order valence-electron chi connectivity index (χ1n) is 13.4. The van der Waals surface area contributed by atoms with Gasteiger partial charge in [0.25, 0.3) is 0 Å². The smallest absolute Gasteiger partial charge is 0.235 e. The molecule has 0 saturated carbocycles. The Hall–Kier alpha value is -4.68. The van der Waals surface area contributed by atoms with E-state index in [0.29, 0.717) is 17.4 Å². The van der Waals surface area contributed by atoms with E-state index in [0.717, 1.165) is 42.4 Å². The summed E-state index contributed by atoms with van der Waals surface area (Å²) in [5.41, 5.74) is 2.90. The molecule has 42 heavy (non-hydrogen) atoms. The summed E-state index contributed by atoms with van der Waals surface area (Å²) in [4.78, 5) is 1.45. The zero-order chi connectivity index (χ0) is 28.7. The lowest BCUT2D eigenvalue weighted by molar-refractivity contribution is 0.277. The number of aromatic nitrogens is 8. The maximum Gasteiger partial charge on any atom is 0.235 e. The predicted molar refractivity (Wildman–Crippen MR) is 162 cm³/mol. The Morgan fingerprint density at radius 1 is 0.643 bits per heavy atom. The van der Waals surface area contributed by atoms with Crippen LogP contribution in [0.1, 0.15) is 38.0 Å². The van der Waals surface area contributed by atoms with Crippen LogP contribution in [0.5, 0.6) is 11.5 Å². The van der Waals surface area contributed by atoms with Gasteiger partial charge in [0.05, 0.1) is 0 Å². The Labute approximate surface area is 249 Å². The van der Waals surface area contributed by atoms with E-state index in [1.807, 2.05) is 78.9 Å². The molecule has 7 aromatic rings. The lowest BCUT2D eigenvalue weighted by atomic mass is 9.86. The summed E-state index contributed by atoms with van der Waals surface area (Å²) in [6.45, 7) is 6.89. The average Bonchev–Trinajstić information content (AvgIpc) is 3.78. The second-order valence-corrected chi connectivity index (χ2v) is 12.6. The Kier molecular flexibility index (Phi) is 6.63. The third-order valence-corrected chi connectivity index (χ3v) is 8.53. The summed E-state index contributed by atoms with van der Waals surface area (Å²) in [5.74, 6) is 2.73. The molecule has 0 aliphatic carbocycles. The normalized spacial score (nSPS) is 11.9. The molecule has 4 heterocycles. The quantitative estimate of drug-likeness (QED) is 0.197. The van der Waals surface area contributed by atoms with Crippen LogP contribution in [0.4, 0.5) is 0 Å². The number of rotatable bonds is 8. The summed E-state index contributed by atoms with van der Waals surface area (Å²) < 4.78 is 16.0. The van der Waals surface area contributed by atoms with Gasteiger partial charge in [-0.15, -0.1) is 20.4 Å². The van der Waals surface area contributed by atoms with Gasteiger partial charge in [-0.05, 0) is 23.6 Å². The molecule has 0 bridgehead atoms. The average molecular weight is 595 g/mol. The predicted octanol–water partition coefficient (Wildman–Crippen LogP) is 6.47. The Balaban J connectivity index is 1.08. The zero-order valence-corrected chi connectivity index (χ0v) is 24.8. The van der Waals surface area contributed by atoms with Gasteiger partial charge < -0.3 is 9.47 Å². The molecule has 0 fully saturated rings. The van der Waals surface area contributed by atoms with Crippen LogP contribution in [0.15, 0.2) is 78.9 Å². The Morgan fingerprint density at radius 2 is 1.17 bits per heavy atom. The summed E-state index contributed by atoms with van der Waals surface area (Å²) >= 11 is 2.99. The molecule has 0 N–H and O–H groups in total. The van der Waals surface area contributed by atoms with Crippen LogP contribution < -0.4 is 9.47 Å². The van der Waals surface area contributed by atoms with Crippen molar-refractivity contribution in [3.63, 3.8) is 0 Å². The molecule has 7 rings (SSSR count). The van der Waals surface area contributed by atoms with E-state index in [1.54, 1.807) is 9.03 Å². The first-order chi connectivity index (χ1) is 20.4. The van der Waals surface area contributed by atoms with Gasteiger partial charge in [-0.3, -0.25) is 0 Å². The number of hydrogen-bond donors (Lipinski definition) is 0. The van der Waals surface area contributed by atoms with Gasteiger partial charge in [-0.1, -0.05) is 104 Å². The van der Waals surface area contributed by atoms with Crippen LogP contribution >= 0.6 is 22.7 Å². The second kappa shape index (κ2) is 10.6. The van der Waals surface area contributed by atoms with Crippen LogP contribution in [0.25, 0.3) is 31.1 Å². The largest absolute Gasteiger partial charge is 0.486 e. The highest BCUT2D eigenvalue weighted by atomic mass is 32.1. The first kappa shape index (κ1) is 26.2. The molecule has 12 heteroatoms. The molecular formula is C30H26N8O2S2. The molecule has 3 aromatic carbocycles. The molecule has 0 spiro atoms. The highest BCUT2D eigenvalue weighted by Gasteiger charge is 2.22. The van der Waals surface area contributed by atoms with E-state index in [4.69, 9.17) is 19.7 Å². The van der Waals surface area contributed by atoms with Crippen molar-refractivity contribution in [3.8, 4) is 32.6 Å². The van der Waals surface area contributed by atoms with Gasteiger partial charge in [0.1, 0.15) is 34.7 Å². The van der Waals surface area contributed by atoms with Crippen molar-refractivity contribution in [3.05, 3.63) is 96.1 Å². The van der Waals surface area contributed by atoms with Crippen molar-refractivity contribution >= 4 is 32.6 Å². The highest BCUT2D eigenvalue weighted by molar-refractivity contribution is 7.20. The highest BCUT2D eigenvalue weighted by Crippen LogP contribution is 2.35. The number of ether oxygens (including phenoxy) is 2. The van der Waals surface area contributed by atoms with Gasteiger partial charge in [0.15, 0.2) is 11.6 Å². The molecule has 0 radical (unpaired) electrons. The third-order valence-electron chi connectivity index (χ3n) is 6.64. The SMILES string of the molecule is CC(C)(C)c1cc(OCc2nnc3sc(-c4ccccc4)nn23)ccc1OCc1nnc2sc(-c3ccccc3)nn12. The molecule has 0 unspecified atom stereocenters. The van der Waals surface area contributed by atoms with Gasteiger partial charge >= 0.3 is 0 Å². The molecule has 0 saturated heterocycles. The molecular weight excluding hydrogens is 569 g/mol. The standard InChI is InChI=1S/C30H26N8O2S2/c1-30(2,3)22-16-21(39-17-24-31-33-28-37(24)35-26(41-28)19-10-6-4-7-11-19)14-15-23(22)40-18-25-32-34-29-38(25)36-27(42-29)20-12-8-5-9-13-20/h4-16H,17-18H2,1-3H3. The topological polar surface area (TPSA) is 105 Å². The minimum absolute atomic E-state index is 0.197. The number of fused-ring (bicyclic) bond motifs is 2. The minimum Gasteiger partial charge on any atom is -0.486 e. The lowest BCUT2D eigenvalue weighted by Crippen LogP contribution is -2.14. The summed E-state index contributed by atoms with van der Waals surface area (Å²) in [5, 5.41) is 28.4. The van der Waals surface area contributed by atoms with Gasteiger partial charge in [0.2, 0.25) is 9.92 Å². The minimum atomic E-state index is -0.197. The third kappa shape index (κ3) is 5.10. The zero-order valence-electron chi connectivity index (χ0n) is 23.1. The Morgan fingerprint density at radius 3 is 1.69 bits per heavy atom. The fourth-order valence-corrected chi connectivity index (χ4v) is 6.22. The van der Waals surface area contributed by atoms with Gasteiger partial charge in [-0.25, -0.2) is 0 Å². The molecule has 0 aliphatic rings. The maximum absolute atomic E-state index is 6.29.